The van der Waals surface area contributed by atoms with E-state index >= 15 is 0 Å². The van der Waals surface area contributed by atoms with Crippen molar-refractivity contribution in [2.75, 3.05) is 0 Å². The lowest BCUT2D eigenvalue weighted by Gasteiger charge is -2.13. The fourth-order valence-corrected chi connectivity index (χ4v) is 2.16. The summed E-state index contributed by atoms with van der Waals surface area (Å²) in [7, 11) is 0. The number of nitrogens with zero attached hydrogens (tertiary/aromatic N) is 1. The third kappa shape index (κ3) is 1.78. The van der Waals surface area contributed by atoms with Crippen molar-refractivity contribution < 1.29 is 9.18 Å². The number of para-hydroxylation sites is 1. The molecule has 17 heavy (non-hydrogen) atoms. The third-order valence-corrected chi connectivity index (χ3v) is 3.01. The van der Waals surface area contributed by atoms with Gasteiger partial charge in [0.15, 0.2) is 6.29 Å². The van der Waals surface area contributed by atoms with Gasteiger partial charge < -0.3 is 4.57 Å². The van der Waals surface area contributed by atoms with Crippen molar-refractivity contribution in [3.63, 3.8) is 0 Å². The summed E-state index contributed by atoms with van der Waals surface area (Å²) < 4.78 is 15.7. The second kappa shape index (κ2) is 4.17. The molecule has 0 radical (unpaired) electrons. The maximum atomic E-state index is 13.9. The number of halogens is 1. The Bertz CT molecular complexity index is 564. The molecule has 88 valence electrons. The summed E-state index contributed by atoms with van der Waals surface area (Å²) in [5.74, 6) is -0.274. The fourth-order valence-electron chi connectivity index (χ4n) is 2.16. The van der Waals surface area contributed by atoms with Gasteiger partial charge in [-0.05, 0) is 38.5 Å². The number of hydrogen-bond donors (Lipinski definition) is 0. The van der Waals surface area contributed by atoms with Crippen molar-refractivity contribution in [1.82, 2.24) is 4.57 Å². The topological polar surface area (TPSA) is 22.0 Å². The lowest BCUT2D eigenvalue weighted by Crippen LogP contribution is -2.04. The van der Waals surface area contributed by atoms with Gasteiger partial charge >= 0.3 is 0 Å². The average molecular weight is 231 g/mol. The van der Waals surface area contributed by atoms with Gasteiger partial charge in [0.05, 0.1) is 5.69 Å². The first-order chi connectivity index (χ1) is 8.06. The molecule has 2 aromatic rings. The van der Waals surface area contributed by atoms with Gasteiger partial charge in [0, 0.05) is 17.0 Å². The van der Waals surface area contributed by atoms with E-state index in [0.29, 0.717) is 11.3 Å². The standard InChI is InChI=1S/C14H14FNO/c1-9-5-4-6-13(15)14(9)16-10(2)7-12(8-17)11(16)3/h4-8H,1-3H3. The highest BCUT2D eigenvalue weighted by Crippen LogP contribution is 2.24. The van der Waals surface area contributed by atoms with Gasteiger partial charge in [-0.1, -0.05) is 12.1 Å². The number of rotatable bonds is 2. The minimum atomic E-state index is -0.274. The first-order valence-corrected chi connectivity index (χ1v) is 5.46. The lowest BCUT2D eigenvalue weighted by atomic mass is 10.2. The molecule has 0 aliphatic heterocycles. The van der Waals surface area contributed by atoms with Crippen LogP contribution in [0.4, 0.5) is 4.39 Å². The largest absolute Gasteiger partial charge is 0.315 e. The van der Waals surface area contributed by atoms with Crippen molar-refractivity contribution in [3.8, 4) is 5.69 Å². The van der Waals surface area contributed by atoms with Crippen LogP contribution in [0.15, 0.2) is 24.3 Å². The van der Waals surface area contributed by atoms with E-state index in [1.807, 2.05) is 26.8 Å². The molecule has 0 N–H and O–H groups in total. The highest BCUT2D eigenvalue weighted by molar-refractivity contribution is 5.77. The SMILES string of the molecule is Cc1cccc(F)c1-n1c(C)cc(C=O)c1C. The second-order valence-electron chi connectivity index (χ2n) is 4.19. The minimum Gasteiger partial charge on any atom is -0.315 e. The molecular weight excluding hydrogens is 217 g/mol. The molecule has 1 aromatic carbocycles. The van der Waals surface area contributed by atoms with E-state index in [1.165, 1.54) is 6.07 Å². The number of aromatic nitrogens is 1. The van der Waals surface area contributed by atoms with E-state index in [1.54, 1.807) is 16.7 Å². The van der Waals surface area contributed by atoms with E-state index < -0.39 is 0 Å². The van der Waals surface area contributed by atoms with E-state index in [-0.39, 0.29) is 5.82 Å². The Kier molecular flexibility index (Phi) is 2.84. The first-order valence-electron chi connectivity index (χ1n) is 5.46. The highest BCUT2D eigenvalue weighted by atomic mass is 19.1. The van der Waals surface area contributed by atoms with Crippen molar-refractivity contribution in [2.45, 2.75) is 20.8 Å². The van der Waals surface area contributed by atoms with Gasteiger partial charge in [0.25, 0.3) is 0 Å². The maximum Gasteiger partial charge on any atom is 0.151 e. The van der Waals surface area contributed by atoms with Crippen LogP contribution in [-0.4, -0.2) is 10.9 Å². The quantitative estimate of drug-likeness (QED) is 0.726. The molecule has 1 aromatic heterocycles. The van der Waals surface area contributed by atoms with Crippen LogP contribution in [0.25, 0.3) is 5.69 Å². The van der Waals surface area contributed by atoms with Crippen molar-refractivity contribution >= 4 is 6.29 Å². The minimum absolute atomic E-state index is 0.274. The van der Waals surface area contributed by atoms with Gasteiger partial charge in [-0.25, -0.2) is 4.39 Å². The zero-order valence-corrected chi connectivity index (χ0v) is 10.1. The Labute approximate surface area is 99.7 Å². The molecule has 0 amide bonds. The smallest absolute Gasteiger partial charge is 0.151 e. The molecule has 0 spiro atoms. The normalized spacial score (nSPS) is 10.6. The van der Waals surface area contributed by atoms with Gasteiger partial charge in [-0.15, -0.1) is 0 Å². The van der Waals surface area contributed by atoms with E-state index in [2.05, 4.69) is 0 Å². The summed E-state index contributed by atoms with van der Waals surface area (Å²) in [6.07, 6.45) is 0.801. The average Bonchev–Trinajstić information content (AvgIpc) is 2.56. The van der Waals surface area contributed by atoms with Gasteiger partial charge in [0.2, 0.25) is 0 Å². The molecule has 0 atom stereocenters. The predicted molar refractivity (Wildman–Crippen MR) is 65.3 cm³/mol. The molecular formula is C14H14FNO. The summed E-state index contributed by atoms with van der Waals surface area (Å²) in [5, 5.41) is 0. The van der Waals surface area contributed by atoms with Crippen LogP contribution in [0.2, 0.25) is 0 Å². The van der Waals surface area contributed by atoms with E-state index in [4.69, 9.17) is 0 Å². The van der Waals surface area contributed by atoms with Gasteiger partial charge in [-0.3, -0.25) is 4.79 Å². The number of benzene rings is 1. The molecule has 2 rings (SSSR count). The molecule has 2 nitrogen and oxygen atoms in total. The van der Waals surface area contributed by atoms with Crippen LogP contribution < -0.4 is 0 Å². The zero-order chi connectivity index (χ0) is 12.6. The van der Waals surface area contributed by atoms with Crippen LogP contribution in [0.5, 0.6) is 0 Å². The Balaban J connectivity index is 2.77. The maximum absolute atomic E-state index is 13.9. The van der Waals surface area contributed by atoms with E-state index in [0.717, 1.165) is 23.2 Å². The molecule has 0 aliphatic rings. The molecule has 0 fully saturated rings. The molecule has 1 heterocycles. The monoisotopic (exact) mass is 231 g/mol. The van der Waals surface area contributed by atoms with Crippen LogP contribution in [0.1, 0.15) is 27.3 Å². The Morgan fingerprint density at radius 2 is 1.94 bits per heavy atom. The number of hydrogen-bond acceptors (Lipinski definition) is 1. The molecule has 3 heteroatoms. The van der Waals surface area contributed by atoms with Gasteiger partial charge in [0.1, 0.15) is 5.82 Å². The van der Waals surface area contributed by atoms with Crippen LogP contribution >= 0.6 is 0 Å². The summed E-state index contributed by atoms with van der Waals surface area (Å²) in [6, 6.07) is 6.75. The number of aryl methyl sites for hydroxylation is 2. The third-order valence-electron chi connectivity index (χ3n) is 3.01. The Morgan fingerprint density at radius 3 is 2.47 bits per heavy atom. The number of aldehydes is 1. The van der Waals surface area contributed by atoms with Crippen LogP contribution in [0, 0.1) is 26.6 Å². The van der Waals surface area contributed by atoms with Crippen LogP contribution in [-0.2, 0) is 0 Å². The zero-order valence-electron chi connectivity index (χ0n) is 10.1. The molecule has 0 unspecified atom stereocenters. The summed E-state index contributed by atoms with van der Waals surface area (Å²) in [4.78, 5) is 10.9. The lowest BCUT2D eigenvalue weighted by molar-refractivity contribution is 0.112. The van der Waals surface area contributed by atoms with Crippen molar-refractivity contribution in [1.29, 1.82) is 0 Å². The fraction of sp³-hybridized carbons (Fsp3) is 0.214. The number of carbonyl (C=O) groups is 1. The summed E-state index contributed by atoms with van der Waals surface area (Å²) >= 11 is 0. The Morgan fingerprint density at radius 1 is 1.24 bits per heavy atom. The Hall–Kier alpha value is -1.90. The highest BCUT2D eigenvalue weighted by Gasteiger charge is 2.14. The van der Waals surface area contributed by atoms with Crippen molar-refractivity contribution in [3.05, 3.63) is 52.6 Å². The van der Waals surface area contributed by atoms with Gasteiger partial charge in [-0.2, -0.15) is 0 Å². The second-order valence-corrected chi connectivity index (χ2v) is 4.19. The first kappa shape index (κ1) is 11.6. The number of carbonyl (C=O) groups excluding carboxylic acids is 1. The van der Waals surface area contributed by atoms with Crippen molar-refractivity contribution in [2.24, 2.45) is 0 Å². The summed E-state index contributed by atoms with van der Waals surface area (Å²) in [6.45, 7) is 5.55. The molecule has 0 bridgehead atoms. The predicted octanol–water partition coefficient (Wildman–Crippen LogP) is 3.35. The summed E-state index contributed by atoms with van der Waals surface area (Å²) in [5.41, 5.74) is 3.61. The van der Waals surface area contributed by atoms with Crippen LogP contribution in [0.3, 0.4) is 0 Å². The molecule has 0 saturated heterocycles. The molecule has 0 aliphatic carbocycles. The molecule has 0 saturated carbocycles. The van der Waals surface area contributed by atoms with E-state index in [9.17, 15) is 9.18 Å².